The third-order valence-corrected chi connectivity index (χ3v) is 3.97. The molecular weight excluding hydrogens is 346 g/mol. The molecule has 136 valence electrons. The third-order valence-electron chi connectivity index (χ3n) is 3.97. The monoisotopic (exact) mass is 363 g/mol. The lowest BCUT2D eigenvalue weighted by molar-refractivity contribution is -0.384. The fourth-order valence-electron chi connectivity index (χ4n) is 2.48. The molecule has 27 heavy (non-hydrogen) atoms. The quantitative estimate of drug-likeness (QED) is 0.412. The van der Waals surface area contributed by atoms with E-state index in [-0.39, 0.29) is 17.6 Å². The van der Waals surface area contributed by atoms with Gasteiger partial charge in [-0.05, 0) is 48.4 Å². The Bertz CT molecular complexity index is 948. The summed E-state index contributed by atoms with van der Waals surface area (Å²) in [7, 11) is 0. The van der Waals surface area contributed by atoms with Gasteiger partial charge in [0.2, 0.25) is 5.91 Å². The van der Waals surface area contributed by atoms with Gasteiger partial charge in [0.15, 0.2) is 0 Å². The van der Waals surface area contributed by atoms with Gasteiger partial charge in [-0.1, -0.05) is 12.1 Å². The number of aromatic nitrogens is 3. The van der Waals surface area contributed by atoms with Crippen LogP contribution in [0.3, 0.4) is 0 Å². The maximum Gasteiger partial charge on any atom is 0.269 e. The van der Waals surface area contributed by atoms with Crippen molar-refractivity contribution in [2.45, 2.75) is 13.0 Å². The first-order chi connectivity index (χ1) is 13.0. The molecule has 1 amide bonds. The molecule has 0 aliphatic rings. The third kappa shape index (κ3) is 4.63. The number of nitrogens with zero attached hydrogens (tertiary/aromatic N) is 4. The summed E-state index contributed by atoms with van der Waals surface area (Å²) >= 11 is 0. The Morgan fingerprint density at radius 3 is 2.48 bits per heavy atom. The number of amides is 1. The van der Waals surface area contributed by atoms with E-state index in [2.05, 4.69) is 15.4 Å². The number of benzene rings is 2. The van der Waals surface area contributed by atoms with Gasteiger partial charge in [0, 0.05) is 18.2 Å². The number of non-ortho nitro benzene ring substituents is 1. The van der Waals surface area contributed by atoms with E-state index in [0.717, 1.165) is 11.3 Å². The Labute approximate surface area is 155 Å². The van der Waals surface area contributed by atoms with Crippen molar-refractivity contribution in [2.75, 3.05) is 0 Å². The molecule has 1 heterocycles. The Morgan fingerprint density at radius 2 is 1.89 bits per heavy atom. The van der Waals surface area contributed by atoms with Crippen LogP contribution >= 0.6 is 0 Å². The second-order valence-corrected chi connectivity index (χ2v) is 5.84. The van der Waals surface area contributed by atoms with E-state index in [1.807, 2.05) is 31.2 Å². The highest BCUT2D eigenvalue weighted by Gasteiger charge is 2.08. The first kappa shape index (κ1) is 18.0. The normalized spacial score (nSPS) is 12.0. The molecule has 8 heteroatoms. The van der Waals surface area contributed by atoms with Crippen molar-refractivity contribution >= 4 is 17.7 Å². The van der Waals surface area contributed by atoms with Crippen LogP contribution in [-0.2, 0) is 4.79 Å². The highest BCUT2D eigenvalue weighted by atomic mass is 16.6. The molecule has 0 aliphatic carbocycles. The van der Waals surface area contributed by atoms with Crippen molar-refractivity contribution in [3.63, 3.8) is 0 Å². The number of carbonyl (C=O) groups is 1. The van der Waals surface area contributed by atoms with Crippen LogP contribution in [0, 0.1) is 10.1 Å². The van der Waals surface area contributed by atoms with Gasteiger partial charge in [0.05, 0.1) is 16.7 Å². The molecule has 0 radical (unpaired) electrons. The zero-order valence-corrected chi connectivity index (χ0v) is 14.5. The van der Waals surface area contributed by atoms with Gasteiger partial charge in [-0.15, -0.1) is 0 Å². The second-order valence-electron chi connectivity index (χ2n) is 5.84. The molecule has 1 N–H and O–H groups in total. The molecule has 0 bridgehead atoms. The lowest BCUT2D eigenvalue weighted by atomic mass is 10.1. The number of carbonyl (C=O) groups excluding carboxylic acids is 1. The Balaban J connectivity index is 1.59. The van der Waals surface area contributed by atoms with Crippen LogP contribution in [-0.4, -0.2) is 25.6 Å². The molecule has 1 aromatic heterocycles. The van der Waals surface area contributed by atoms with Gasteiger partial charge >= 0.3 is 0 Å². The molecule has 3 rings (SSSR count). The van der Waals surface area contributed by atoms with E-state index in [9.17, 15) is 14.9 Å². The minimum Gasteiger partial charge on any atom is -0.346 e. The summed E-state index contributed by atoms with van der Waals surface area (Å²) in [5.41, 5.74) is 2.56. The van der Waals surface area contributed by atoms with Gasteiger partial charge < -0.3 is 5.32 Å². The molecule has 0 aliphatic heterocycles. The lowest BCUT2D eigenvalue weighted by Crippen LogP contribution is -2.24. The molecule has 2 aromatic carbocycles. The SMILES string of the molecule is CC(NC(=O)/C=C/c1ccc([N+](=O)[O-])cc1)c1ccc(-n2cncn2)cc1. The summed E-state index contributed by atoms with van der Waals surface area (Å²) in [6, 6.07) is 13.4. The Hall–Kier alpha value is -3.81. The first-order valence-electron chi connectivity index (χ1n) is 8.21. The van der Waals surface area contributed by atoms with E-state index < -0.39 is 4.92 Å². The van der Waals surface area contributed by atoms with E-state index in [4.69, 9.17) is 0 Å². The van der Waals surface area contributed by atoms with Crippen molar-refractivity contribution in [1.29, 1.82) is 0 Å². The van der Waals surface area contributed by atoms with Crippen LogP contribution in [0.4, 0.5) is 5.69 Å². The van der Waals surface area contributed by atoms with E-state index in [0.29, 0.717) is 5.56 Å². The van der Waals surface area contributed by atoms with Crippen molar-refractivity contribution < 1.29 is 9.72 Å². The number of hydrogen-bond donors (Lipinski definition) is 1. The molecule has 1 atom stereocenters. The van der Waals surface area contributed by atoms with Crippen LogP contribution in [0.5, 0.6) is 0 Å². The number of rotatable bonds is 6. The minimum absolute atomic E-state index is 0.0135. The van der Waals surface area contributed by atoms with Gasteiger partial charge in [-0.25, -0.2) is 9.67 Å². The first-order valence-corrected chi connectivity index (χ1v) is 8.21. The van der Waals surface area contributed by atoms with Crippen molar-refractivity contribution in [1.82, 2.24) is 20.1 Å². The van der Waals surface area contributed by atoms with Gasteiger partial charge in [0.25, 0.3) is 5.69 Å². The zero-order chi connectivity index (χ0) is 19.2. The standard InChI is InChI=1S/C19H17N5O3/c1-14(16-5-9-17(10-6-16)23-13-20-12-21-23)22-19(25)11-4-15-2-7-18(8-3-15)24(26)27/h2-14H,1H3,(H,22,25)/b11-4+. The molecule has 3 aromatic rings. The van der Waals surface area contributed by atoms with Crippen molar-refractivity contribution in [2.24, 2.45) is 0 Å². The highest BCUT2D eigenvalue weighted by Crippen LogP contribution is 2.16. The van der Waals surface area contributed by atoms with Crippen LogP contribution in [0.2, 0.25) is 0 Å². The van der Waals surface area contributed by atoms with Crippen LogP contribution in [0.1, 0.15) is 24.1 Å². The maximum atomic E-state index is 12.1. The average molecular weight is 363 g/mol. The average Bonchev–Trinajstić information content (AvgIpc) is 3.21. The zero-order valence-electron chi connectivity index (χ0n) is 14.5. The van der Waals surface area contributed by atoms with Gasteiger partial charge in [-0.2, -0.15) is 5.10 Å². The molecule has 0 saturated carbocycles. The maximum absolute atomic E-state index is 12.1. The molecular formula is C19H17N5O3. The molecule has 0 fully saturated rings. The van der Waals surface area contributed by atoms with E-state index in [1.165, 1.54) is 24.5 Å². The predicted octanol–water partition coefficient (Wildman–Crippen LogP) is 3.07. The molecule has 0 saturated heterocycles. The topological polar surface area (TPSA) is 103 Å². The second kappa shape index (κ2) is 8.05. The van der Waals surface area contributed by atoms with Crippen molar-refractivity contribution in [3.05, 3.63) is 88.5 Å². The fraction of sp³-hybridized carbons (Fsp3) is 0.105. The van der Waals surface area contributed by atoms with E-state index in [1.54, 1.807) is 29.2 Å². The lowest BCUT2D eigenvalue weighted by Gasteiger charge is -2.13. The molecule has 8 nitrogen and oxygen atoms in total. The molecule has 1 unspecified atom stereocenters. The summed E-state index contributed by atoms with van der Waals surface area (Å²) < 4.78 is 1.65. The largest absolute Gasteiger partial charge is 0.346 e. The van der Waals surface area contributed by atoms with Crippen LogP contribution in [0.25, 0.3) is 11.8 Å². The van der Waals surface area contributed by atoms with Crippen molar-refractivity contribution in [3.8, 4) is 5.69 Å². The van der Waals surface area contributed by atoms with Crippen LogP contribution < -0.4 is 5.32 Å². The van der Waals surface area contributed by atoms with Gasteiger partial charge in [-0.3, -0.25) is 14.9 Å². The fourth-order valence-corrected chi connectivity index (χ4v) is 2.48. The summed E-state index contributed by atoms with van der Waals surface area (Å²) in [5, 5.41) is 17.6. The summed E-state index contributed by atoms with van der Waals surface area (Å²) in [6.45, 7) is 1.89. The van der Waals surface area contributed by atoms with E-state index >= 15 is 0 Å². The number of nitrogens with one attached hydrogen (secondary N) is 1. The highest BCUT2D eigenvalue weighted by molar-refractivity contribution is 5.92. The summed E-state index contributed by atoms with van der Waals surface area (Å²) in [5.74, 6) is -0.249. The summed E-state index contributed by atoms with van der Waals surface area (Å²) in [4.78, 5) is 26.2. The Kier molecular flexibility index (Phi) is 5.36. The molecule has 0 spiro atoms. The smallest absolute Gasteiger partial charge is 0.269 e. The van der Waals surface area contributed by atoms with Gasteiger partial charge in [0.1, 0.15) is 12.7 Å². The van der Waals surface area contributed by atoms with Crippen LogP contribution in [0.15, 0.2) is 67.3 Å². The predicted molar refractivity (Wildman–Crippen MR) is 100 cm³/mol. The Morgan fingerprint density at radius 1 is 1.19 bits per heavy atom. The number of hydrogen-bond acceptors (Lipinski definition) is 5. The number of nitro benzene ring substituents is 1. The summed E-state index contributed by atoms with van der Waals surface area (Å²) in [6.07, 6.45) is 6.10. The minimum atomic E-state index is -0.462. The number of nitro groups is 1.